The van der Waals surface area contributed by atoms with Gasteiger partial charge in [-0.2, -0.15) is 0 Å². The smallest absolute Gasteiger partial charge is 0.410 e. The monoisotopic (exact) mass is 354 g/mol. The molecule has 2 saturated heterocycles. The lowest BCUT2D eigenvalue weighted by molar-refractivity contribution is -0.131. The van der Waals surface area contributed by atoms with E-state index >= 15 is 0 Å². The molecule has 2 aliphatic rings. The second-order valence-electron chi connectivity index (χ2n) is 8.40. The number of amides is 2. The van der Waals surface area contributed by atoms with Gasteiger partial charge in [0.1, 0.15) is 5.60 Å². The Balaban J connectivity index is 1.91. The number of nitrogens with zero attached hydrogens (tertiary/aromatic N) is 3. The van der Waals surface area contributed by atoms with Crippen LogP contribution in [0.15, 0.2) is 0 Å². The summed E-state index contributed by atoms with van der Waals surface area (Å²) in [5, 5.41) is 3.55. The van der Waals surface area contributed by atoms with E-state index in [-0.39, 0.29) is 24.1 Å². The molecule has 7 heteroatoms. The van der Waals surface area contributed by atoms with Crippen LogP contribution in [0.3, 0.4) is 0 Å². The van der Waals surface area contributed by atoms with Gasteiger partial charge in [0.25, 0.3) is 0 Å². The summed E-state index contributed by atoms with van der Waals surface area (Å²) >= 11 is 0. The molecule has 0 spiro atoms. The summed E-state index contributed by atoms with van der Waals surface area (Å²) < 4.78 is 5.55. The number of hydrogen-bond acceptors (Lipinski definition) is 5. The Morgan fingerprint density at radius 3 is 2.36 bits per heavy atom. The number of nitrogens with one attached hydrogen (secondary N) is 1. The minimum absolute atomic E-state index is 0.123. The predicted octanol–water partition coefficient (Wildman–Crippen LogP) is 1.14. The standard InChI is InChI=1S/C18H34N4O3/c1-13-9-19-16(12-22(13)17(24)25-18(4,5)6)11-20-7-8-21(15(3)23)10-14(20)2/h13-14,16,19H,7-12H2,1-6H3/t13-,14-,16+/m1/s1. The zero-order valence-corrected chi connectivity index (χ0v) is 16.5. The molecular weight excluding hydrogens is 320 g/mol. The molecule has 0 aromatic heterocycles. The van der Waals surface area contributed by atoms with Crippen molar-refractivity contribution >= 4 is 12.0 Å². The molecule has 3 atom stereocenters. The summed E-state index contributed by atoms with van der Waals surface area (Å²) in [6.45, 7) is 16.2. The van der Waals surface area contributed by atoms with Crippen molar-refractivity contribution in [3.05, 3.63) is 0 Å². The Hall–Kier alpha value is -1.34. The minimum atomic E-state index is -0.477. The topological polar surface area (TPSA) is 65.1 Å². The number of carbonyl (C=O) groups is 2. The van der Waals surface area contributed by atoms with E-state index in [4.69, 9.17) is 4.74 Å². The molecule has 2 rings (SSSR count). The van der Waals surface area contributed by atoms with E-state index in [0.717, 1.165) is 32.7 Å². The molecule has 1 N–H and O–H groups in total. The van der Waals surface area contributed by atoms with Gasteiger partial charge in [-0.15, -0.1) is 0 Å². The molecule has 0 aliphatic carbocycles. The van der Waals surface area contributed by atoms with Gasteiger partial charge >= 0.3 is 6.09 Å². The van der Waals surface area contributed by atoms with Crippen LogP contribution in [-0.4, -0.2) is 89.7 Å². The predicted molar refractivity (Wildman–Crippen MR) is 97.5 cm³/mol. The van der Waals surface area contributed by atoms with Gasteiger partial charge in [-0.1, -0.05) is 0 Å². The van der Waals surface area contributed by atoms with Crippen LogP contribution in [0.5, 0.6) is 0 Å². The van der Waals surface area contributed by atoms with E-state index < -0.39 is 5.60 Å². The summed E-state index contributed by atoms with van der Waals surface area (Å²) in [6.07, 6.45) is -0.235. The third-order valence-electron chi connectivity index (χ3n) is 4.94. The van der Waals surface area contributed by atoms with Crippen LogP contribution in [0.1, 0.15) is 41.5 Å². The molecule has 0 aromatic rings. The number of carbonyl (C=O) groups excluding carboxylic acids is 2. The number of rotatable bonds is 2. The Morgan fingerprint density at radius 1 is 1.12 bits per heavy atom. The van der Waals surface area contributed by atoms with Crippen molar-refractivity contribution in [1.82, 2.24) is 20.0 Å². The van der Waals surface area contributed by atoms with Crippen molar-refractivity contribution in [1.29, 1.82) is 0 Å². The number of ether oxygens (including phenoxy) is 1. The summed E-state index contributed by atoms with van der Waals surface area (Å²) in [4.78, 5) is 30.2. The maximum atomic E-state index is 12.5. The molecule has 0 radical (unpaired) electrons. The summed E-state index contributed by atoms with van der Waals surface area (Å²) in [5.41, 5.74) is -0.477. The molecule has 0 bridgehead atoms. The molecule has 2 heterocycles. The van der Waals surface area contributed by atoms with Gasteiger partial charge in [-0.3, -0.25) is 9.69 Å². The van der Waals surface area contributed by atoms with Gasteiger partial charge in [0, 0.05) is 64.3 Å². The Kier molecular flexibility index (Phi) is 6.32. The van der Waals surface area contributed by atoms with Crippen LogP contribution in [-0.2, 0) is 9.53 Å². The summed E-state index contributed by atoms with van der Waals surface area (Å²) in [6, 6.07) is 0.668. The van der Waals surface area contributed by atoms with Gasteiger partial charge in [0.2, 0.25) is 5.91 Å². The maximum Gasteiger partial charge on any atom is 0.410 e. The minimum Gasteiger partial charge on any atom is -0.444 e. The van der Waals surface area contributed by atoms with Crippen LogP contribution >= 0.6 is 0 Å². The second-order valence-corrected chi connectivity index (χ2v) is 8.40. The van der Waals surface area contributed by atoms with Crippen molar-refractivity contribution in [2.24, 2.45) is 0 Å². The van der Waals surface area contributed by atoms with Gasteiger partial charge in [0.15, 0.2) is 0 Å². The van der Waals surface area contributed by atoms with Crippen molar-refractivity contribution < 1.29 is 14.3 Å². The fraction of sp³-hybridized carbons (Fsp3) is 0.889. The van der Waals surface area contributed by atoms with E-state index in [1.807, 2.05) is 37.5 Å². The van der Waals surface area contributed by atoms with Gasteiger partial charge in [-0.25, -0.2) is 4.79 Å². The van der Waals surface area contributed by atoms with E-state index in [1.54, 1.807) is 6.92 Å². The molecule has 25 heavy (non-hydrogen) atoms. The van der Waals surface area contributed by atoms with Crippen LogP contribution in [0, 0.1) is 0 Å². The highest BCUT2D eigenvalue weighted by atomic mass is 16.6. The lowest BCUT2D eigenvalue weighted by Crippen LogP contribution is -2.63. The zero-order valence-electron chi connectivity index (χ0n) is 16.5. The van der Waals surface area contributed by atoms with Crippen LogP contribution in [0.25, 0.3) is 0 Å². The van der Waals surface area contributed by atoms with Gasteiger partial charge in [-0.05, 0) is 34.6 Å². The second kappa shape index (κ2) is 7.91. The average Bonchev–Trinajstić information content (AvgIpc) is 2.49. The number of piperazine rings is 2. The van der Waals surface area contributed by atoms with E-state index in [0.29, 0.717) is 12.6 Å². The lowest BCUT2D eigenvalue weighted by Gasteiger charge is -2.44. The first kappa shape index (κ1) is 20.0. The number of hydrogen-bond donors (Lipinski definition) is 1. The molecular formula is C18H34N4O3. The zero-order chi connectivity index (χ0) is 18.8. The lowest BCUT2D eigenvalue weighted by atomic mass is 10.1. The Bertz CT molecular complexity index is 491. The fourth-order valence-corrected chi connectivity index (χ4v) is 3.46. The SMILES string of the molecule is CC(=O)N1CCN(C[C@H]2CN(C(=O)OC(C)(C)C)[C@H](C)CN2)[C@H](C)C1. The van der Waals surface area contributed by atoms with Gasteiger partial charge in [0.05, 0.1) is 0 Å². The molecule has 0 aromatic carbocycles. The fourth-order valence-electron chi connectivity index (χ4n) is 3.46. The van der Waals surface area contributed by atoms with E-state index in [9.17, 15) is 9.59 Å². The highest BCUT2D eigenvalue weighted by Crippen LogP contribution is 2.16. The molecule has 2 aliphatic heterocycles. The third kappa shape index (κ3) is 5.57. The quantitative estimate of drug-likeness (QED) is 0.805. The van der Waals surface area contributed by atoms with Crippen LogP contribution in [0.4, 0.5) is 4.79 Å². The van der Waals surface area contributed by atoms with E-state index in [2.05, 4.69) is 17.1 Å². The molecule has 0 saturated carbocycles. The molecule has 2 amide bonds. The summed E-state index contributed by atoms with van der Waals surface area (Å²) in [5.74, 6) is 0.146. The van der Waals surface area contributed by atoms with Crippen molar-refractivity contribution in [3.63, 3.8) is 0 Å². The molecule has 144 valence electrons. The molecule has 2 fully saturated rings. The molecule has 7 nitrogen and oxygen atoms in total. The van der Waals surface area contributed by atoms with Crippen LogP contribution < -0.4 is 5.32 Å². The Morgan fingerprint density at radius 2 is 1.80 bits per heavy atom. The first-order valence-corrected chi connectivity index (χ1v) is 9.29. The maximum absolute atomic E-state index is 12.5. The van der Waals surface area contributed by atoms with Crippen molar-refractivity contribution in [2.75, 3.05) is 39.3 Å². The van der Waals surface area contributed by atoms with Crippen molar-refractivity contribution in [3.8, 4) is 0 Å². The average molecular weight is 354 g/mol. The largest absolute Gasteiger partial charge is 0.444 e. The van der Waals surface area contributed by atoms with Crippen molar-refractivity contribution in [2.45, 2.75) is 65.3 Å². The van der Waals surface area contributed by atoms with Gasteiger partial charge < -0.3 is 19.9 Å². The molecule has 0 unspecified atom stereocenters. The Labute approximate surface area is 151 Å². The first-order chi connectivity index (χ1) is 11.6. The highest BCUT2D eigenvalue weighted by molar-refractivity contribution is 5.73. The normalized spacial score (nSPS) is 28.8. The summed E-state index contributed by atoms with van der Waals surface area (Å²) in [7, 11) is 0. The third-order valence-corrected chi connectivity index (χ3v) is 4.94. The highest BCUT2D eigenvalue weighted by Gasteiger charge is 2.34. The first-order valence-electron chi connectivity index (χ1n) is 9.29. The van der Waals surface area contributed by atoms with Crippen LogP contribution in [0.2, 0.25) is 0 Å². The van der Waals surface area contributed by atoms with E-state index in [1.165, 1.54) is 0 Å².